The molecule has 0 aliphatic heterocycles. The Morgan fingerprint density at radius 3 is 2.85 bits per heavy atom. The highest BCUT2D eigenvalue weighted by atomic mass is 16.3. The van der Waals surface area contributed by atoms with Crippen LogP contribution in [0.3, 0.4) is 0 Å². The van der Waals surface area contributed by atoms with Crippen molar-refractivity contribution in [2.45, 2.75) is 6.54 Å². The first-order valence-electron chi connectivity index (χ1n) is 6.66. The smallest absolute Gasteiger partial charge is 0.134 e. The Hall–Kier alpha value is -2.26. The fourth-order valence-corrected chi connectivity index (χ4v) is 2.25. The molecule has 0 saturated heterocycles. The minimum absolute atomic E-state index is 0.861. The normalized spacial score (nSPS) is 11.9. The third-order valence-corrected chi connectivity index (χ3v) is 3.24. The van der Waals surface area contributed by atoms with Crippen LogP contribution in [0, 0.1) is 0 Å². The van der Waals surface area contributed by atoms with Gasteiger partial charge in [0.05, 0.1) is 12.5 Å². The van der Waals surface area contributed by atoms with Crippen LogP contribution in [0.25, 0.3) is 17.0 Å². The molecular weight excluding hydrogens is 250 g/mol. The molecule has 0 aliphatic carbocycles. The van der Waals surface area contributed by atoms with Crippen LogP contribution in [0.15, 0.2) is 63.8 Å². The van der Waals surface area contributed by atoms with E-state index in [0.717, 1.165) is 24.4 Å². The third kappa shape index (κ3) is 2.83. The van der Waals surface area contributed by atoms with E-state index in [1.165, 1.54) is 10.9 Å². The van der Waals surface area contributed by atoms with Crippen LogP contribution in [-0.4, -0.2) is 18.5 Å². The first kappa shape index (κ1) is 12.8. The SMILES string of the molecule is CN(C/C=C/c1ccco1)Cc1coc2ccccc12. The van der Waals surface area contributed by atoms with Crippen molar-refractivity contribution in [1.29, 1.82) is 0 Å². The highest BCUT2D eigenvalue weighted by Gasteiger charge is 2.06. The molecule has 3 aromatic rings. The van der Waals surface area contributed by atoms with E-state index in [2.05, 4.69) is 24.1 Å². The van der Waals surface area contributed by atoms with E-state index in [9.17, 15) is 0 Å². The summed E-state index contributed by atoms with van der Waals surface area (Å²) >= 11 is 0. The Bertz CT molecular complexity index is 695. The second-order valence-corrected chi connectivity index (χ2v) is 4.87. The summed E-state index contributed by atoms with van der Waals surface area (Å²) < 4.78 is 10.8. The van der Waals surface area contributed by atoms with Crippen molar-refractivity contribution >= 4 is 17.0 Å². The molecular formula is C17H17NO2. The maximum Gasteiger partial charge on any atom is 0.134 e. The van der Waals surface area contributed by atoms with Crippen molar-refractivity contribution in [2.75, 3.05) is 13.6 Å². The summed E-state index contributed by atoms with van der Waals surface area (Å²) in [6.45, 7) is 1.72. The summed E-state index contributed by atoms with van der Waals surface area (Å²) in [7, 11) is 2.09. The minimum atomic E-state index is 0.861. The molecule has 0 saturated carbocycles. The van der Waals surface area contributed by atoms with E-state index in [4.69, 9.17) is 8.83 Å². The quantitative estimate of drug-likeness (QED) is 0.694. The van der Waals surface area contributed by atoms with Gasteiger partial charge in [-0.25, -0.2) is 0 Å². The third-order valence-electron chi connectivity index (χ3n) is 3.24. The van der Waals surface area contributed by atoms with Gasteiger partial charge in [-0.15, -0.1) is 0 Å². The summed E-state index contributed by atoms with van der Waals surface area (Å²) in [6, 6.07) is 12.0. The largest absolute Gasteiger partial charge is 0.465 e. The highest BCUT2D eigenvalue weighted by Crippen LogP contribution is 2.21. The number of hydrogen-bond acceptors (Lipinski definition) is 3. The van der Waals surface area contributed by atoms with Gasteiger partial charge in [-0.2, -0.15) is 0 Å². The molecule has 0 aliphatic rings. The molecule has 3 heteroatoms. The highest BCUT2D eigenvalue weighted by molar-refractivity contribution is 5.80. The van der Waals surface area contributed by atoms with Crippen LogP contribution in [0.1, 0.15) is 11.3 Å². The molecule has 102 valence electrons. The number of fused-ring (bicyclic) bond motifs is 1. The first-order valence-corrected chi connectivity index (χ1v) is 6.66. The lowest BCUT2D eigenvalue weighted by atomic mass is 10.1. The topological polar surface area (TPSA) is 29.5 Å². The summed E-state index contributed by atoms with van der Waals surface area (Å²) in [4.78, 5) is 2.23. The van der Waals surface area contributed by atoms with Crippen LogP contribution in [0.2, 0.25) is 0 Å². The van der Waals surface area contributed by atoms with Gasteiger partial charge in [0.15, 0.2) is 0 Å². The molecule has 2 aromatic heterocycles. The molecule has 0 amide bonds. The fourth-order valence-electron chi connectivity index (χ4n) is 2.25. The van der Waals surface area contributed by atoms with Gasteiger partial charge < -0.3 is 8.83 Å². The number of hydrogen-bond donors (Lipinski definition) is 0. The molecule has 0 N–H and O–H groups in total. The van der Waals surface area contributed by atoms with Gasteiger partial charge in [0.1, 0.15) is 11.3 Å². The zero-order chi connectivity index (χ0) is 13.8. The van der Waals surface area contributed by atoms with Crippen LogP contribution in [0.5, 0.6) is 0 Å². The van der Waals surface area contributed by atoms with Gasteiger partial charge in [-0.3, -0.25) is 4.90 Å². The zero-order valence-electron chi connectivity index (χ0n) is 11.5. The number of para-hydroxylation sites is 1. The molecule has 3 rings (SSSR count). The summed E-state index contributed by atoms with van der Waals surface area (Å²) in [5.41, 5.74) is 2.16. The lowest BCUT2D eigenvalue weighted by Gasteiger charge is -2.12. The molecule has 3 nitrogen and oxygen atoms in total. The fraction of sp³-hybridized carbons (Fsp3) is 0.176. The van der Waals surface area contributed by atoms with Crippen LogP contribution < -0.4 is 0 Å². The number of likely N-dealkylation sites (N-methyl/N-ethyl adjacent to an activating group) is 1. The molecule has 0 atom stereocenters. The monoisotopic (exact) mass is 267 g/mol. The van der Waals surface area contributed by atoms with Gasteiger partial charge in [0, 0.05) is 24.0 Å². The van der Waals surface area contributed by atoms with Crippen molar-refractivity contribution in [3.63, 3.8) is 0 Å². The van der Waals surface area contributed by atoms with Gasteiger partial charge in [-0.1, -0.05) is 24.3 Å². The predicted molar refractivity (Wildman–Crippen MR) is 80.3 cm³/mol. The Kier molecular flexibility index (Phi) is 3.70. The van der Waals surface area contributed by atoms with E-state index < -0.39 is 0 Å². The van der Waals surface area contributed by atoms with Gasteiger partial charge in [0.25, 0.3) is 0 Å². The Labute approximate surface area is 118 Å². The van der Waals surface area contributed by atoms with Crippen LogP contribution in [0.4, 0.5) is 0 Å². The van der Waals surface area contributed by atoms with Crippen molar-refractivity contribution in [3.05, 3.63) is 66.3 Å². The van der Waals surface area contributed by atoms with E-state index in [0.29, 0.717) is 0 Å². The summed E-state index contributed by atoms with van der Waals surface area (Å²) in [5.74, 6) is 0.882. The molecule has 2 heterocycles. The molecule has 0 unspecified atom stereocenters. The van der Waals surface area contributed by atoms with Crippen LogP contribution >= 0.6 is 0 Å². The second-order valence-electron chi connectivity index (χ2n) is 4.87. The van der Waals surface area contributed by atoms with Crippen molar-refractivity contribution in [1.82, 2.24) is 4.90 Å². The standard InChI is InChI=1S/C17H17NO2/c1-18(10-4-6-15-7-5-11-19-15)12-14-13-20-17-9-3-2-8-16(14)17/h2-9,11,13H,10,12H2,1H3/b6-4+. The lowest BCUT2D eigenvalue weighted by molar-refractivity contribution is 0.363. The van der Waals surface area contributed by atoms with Gasteiger partial charge in [-0.05, 0) is 31.3 Å². The van der Waals surface area contributed by atoms with Crippen LogP contribution in [-0.2, 0) is 6.54 Å². The van der Waals surface area contributed by atoms with Crippen molar-refractivity contribution in [2.24, 2.45) is 0 Å². The number of rotatable bonds is 5. The number of furan rings is 2. The average molecular weight is 267 g/mol. The first-order chi connectivity index (χ1) is 9.83. The summed E-state index contributed by atoms with van der Waals surface area (Å²) in [6.07, 6.45) is 7.61. The molecule has 0 fully saturated rings. The number of benzene rings is 1. The molecule has 0 radical (unpaired) electrons. The number of nitrogens with zero attached hydrogens (tertiary/aromatic N) is 1. The van der Waals surface area contributed by atoms with Crippen molar-refractivity contribution in [3.8, 4) is 0 Å². The maximum absolute atomic E-state index is 5.55. The molecule has 0 spiro atoms. The molecule has 0 bridgehead atoms. The summed E-state index contributed by atoms with van der Waals surface area (Å²) in [5, 5.41) is 1.19. The molecule has 1 aromatic carbocycles. The minimum Gasteiger partial charge on any atom is -0.465 e. The van der Waals surface area contributed by atoms with E-state index >= 15 is 0 Å². The maximum atomic E-state index is 5.55. The Morgan fingerprint density at radius 1 is 1.10 bits per heavy atom. The average Bonchev–Trinajstić information content (AvgIpc) is 3.09. The van der Waals surface area contributed by atoms with E-state index in [1.54, 1.807) is 6.26 Å². The van der Waals surface area contributed by atoms with E-state index in [-0.39, 0.29) is 0 Å². The molecule has 20 heavy (non-hydrogen) atoms. The second kappa shape index (κ2) is 5.80. The van der Waals surface area contributed by atoms with Crippen molar-refractivity contribution < 1.29 is 8.83 Å². The van der Waals surface area contributed by atoms with E-state index in [1.807, 2.05) is 42.7 Å². The van der Waals surface area contributed by atoms with Gasteiger partial charge in [0.2, 0.25) is 0 Å². The Morgan fingerprint density at radius 2 is 2.00 bits per heavy atom. The lowest BCUT2D eigenvalue weighted by Crippen LogP contribution is -2.17. The van der Waals surface area contributed by atoms with Gasteiger partial charge >= 0.3 is 0 Å². The zero-order valence-corrected chi connectivity index (χ0v) is 11.5. The predicted octanol–water partition coefficient (Wildman–Crippen LogP) is 4.17. The Balaban J connectivity index is 1.62.